The summed E-state index contributed by atoms with van der Waals surface area (Å²) in [5.74, 6) is -1.21. The number of hydrogen-bond acceptors (Lipinski definition) is 6. The Morgan fingerprint density at radius 3 is 2.60 bits per heavy atom. The van der Waals surface area contributed by atoms with Crippen LogP contribution in [0.4, 0.5) is 0 Å². The average molecular weight is 484 g/mol. The molecule has 0 radical (unpaired) electrons. The minimum Gasteiger partial charge on any atom is -0.496 e. The van der Waals surface area contributed by atoms with Crippen LogP contribution in [0.5, 0.6) is 5.75 Å². The summed E-state index contributed by atoms with van der Waals surface area (Å²) in [6.07, 6.45) is 3.37. The molecule has 0 spiro atoms. The number of carbonyl (C=O) groups is 4. The highest BCUT2D eigenvalue weighted by Crippen LogP contribution is 2.37. The first kappa shape index (κ1) is 24.8. The van der Waals surface area contributed by atoms with Gasteiger partial charge in [-0.2, -0.15) is 0 Å². The molecule has 3 N–H and O–H groups in total. The van der Waals surface area contributed by atoms with Gasteiger partial charge in [0.05, 0.1) is 19.9 Å². The number of hydrogen-bond donors (Lipinski definition) is 3. The second-order valence-electron chi connectivity index (χ2n) is 9.90. The van der Waals surface area contributed by atoms with E-state index in [1.165, 1.54) is 7.11 Å². The lowest BCUT2D eigenvalue weighted by molar-refractivity contribution is -0.152. The van der Waals surface area contributed by atoms with E-state index in [1.54, 1.807) is 20.1 Å². The molecule has 0 bridgehead atoms. The SMILES string of the molecule is COC(=O)[C@](C)(CC1CCNC1=O)NC(=O)[C@@H](CC(=O)c1cc2c(OC)cccc2[nH]1)CC1CC1. The maximum atomic E-state index is 13.4. The van der Waals surface area contributed by atoms with Crippen molar-refractivity contribution in [1.29, 1.82) is 0 Å². The summed E-state index contributed by atoms with van der Waals surface area (Å²) < 4.78 is 10.4. The predicted octanol–water partition coefficient (Wildman–Crippen LogP) is 2.74. The van der Waals surface area contributed by atoms with Gasteiger partial charge in [0.15, 0.2) is 5.78 Å². The van der Waals surface area contributed by atoms with Crippen molar-refractivity contribution in [3.63, 3.8) is 0 Å². The summed E-state index contributed by atoms with van der Waals surface area (Å²) in [6, 6.07) is 7.28. The fourth-order valence-corrected chi connectivity index (χ4v) is 4.95. The Labute approximate surface area is 204 Å². The Morgan fingerprint density at radius 2 is 1.97 bits per heavy atom. The topological polar surface area (TPSA) is 127 Å². The molecule has 9 heteroatoms. The van der Waals surface area contributed by atoms with Crippen molar-refractivity contribution in [2.24, 2.45) is 17.8 Å². The van der Waals surface area contributed by atoms with Crippen LogP contribution < -0.4 is 15.4 Å². The van der Waals surface area contributed by atoms with Gasteiger partial charge in [-0.1, -0.05) is 18.9 Å². The molecule has 1 aromatic carbocycles. The van der Waals surface area contributed by atoms with Gasteiger partial charge in [0, 0.05) is 35.7 Å². The standard InChI is InChI=1S/C26H33N3O6/c1-26(25(33)35-3,14-16-9-10-27-23(16)31)29-24(32)17(11-15-7-8-15)12-21(30)20-13-18-19(28-20)5-4-6-22(18)34-2/h4-6,13,15-17,28H,7-12,14H2,1-3H3,(H,27,31)(H,29,32)/t16?,17-,26+/m1/s1. The van der Waals surface area contributed by atoms with E-state index in [9.17, 15) is 19.2 Å². The van der Waals surface area contributed by atoms with Crippen LogP contribution in [-0.2, 0) is 19.1 Å². The van der Waals surface area contributed by atoms with Crippen molar-refractivity contribution in [3.8, 4) is 5.75 Å². The zero-order valence-corrected chi connectivity index (χ0v) is 20.4. The second-order valence-corrected chi connectivity index (χ2v) is 9.90. The number of nitrogens with one attached hydrogen (secondary N) is 3. The monoisotopic (exact) mass is 483 g/mol. The van der Waals surface area contributed by atoms with Crippen molar-refractivity contribution in [3.05, 3.63) is 30.0 Å². The molecule has 1 saturated carbocycles. The van der Waals surface area contributed by atoms with Crippen molar-refractivity contribution >= 4 is 34.5 Å². The Balaban J connectivity index is 1.52. The molecular formula is C26H33N3O6. The van der Waals surface area contributed by atoms with Crippen LogP contribution >= 0.6 is 0 Å². The number of carbonyl (C=O) groups excluding carboxylic acids is 4. The van der Waals surface area contributed by atoms with Gasteiger partial charge in [0.25, 0.3) is 0 Å². The summed E-state index contributed by atoms with van der Waals surface area (Å²) in [5.41, 5.74) is -0.169. The van der Waals surface area contributed by atoms with E-state index in [0.29, 0.717) is 36.7 Å². The second kappa shape index (κ2) is 10.1. The van der Waals surface area contributed by atoms with Crippen LogP contribution in [0.2, 0.25) is 0 Å². The Bertz CT molecular complexity index is 1140. The van der Waals surface area contributed by atoms with Gasteiger partial charge in [-0.05, 0) is 50.3 Å². The fourth-order valence-electron chi connectivity index (χ4n) is 4.95. The largest absolute Gasteiger partial charge is 0.496 e. The number of methoxy groups -OCH3 is 2. The highest BCUT2D eigenvalue weighted by Gasteiger charge is 2.43. The molecule has 2 aliphatic rings. The molecule has 1 aliphatic heterocycles. The normalized spacial score (nSPS) is 20.1. The number of benzene rings is 1. The molecule has 3 atom stereocenters. The first-order valence-electron chi connectivity index (χ1n) is 12.1. The van der Waals surface area contributed by atoms with Crippen LogP contribution in [-0.4, -0.2) is 54.9 Å². The van der Waals surface area contributed by atoms with Gasteiger partial charge >= 0.3 is 5.97 Å². The number of ketones is 1. The third kappa shape index (κ3) is 5.49. The summed E-state index contributed by atoms with van der Waals surface area (Å²) in [5, 5.41) is 6.41. The molecule has 2 heterocycles. The Kier molecular flexibility index (Phi) is 7.14. The lowest BCUT2D eigenvalue weighted by atomic mass is 9.86. The third-order valence-corrected chi connectivity index (χ3v) is 7.11. The summed E-state index contributed by atoms with van der Waals surface area (Å²) in [7, 11) is 2.84. The molecule has 188 valence electrons. The zero-order chi connectivity index (χ0) is 25.2. The molecule has 2 aromatic rings. The lowest BCUT2D eigenvalue weighted by Gasteiger charge is -2.31. The molecular weight excluding hydrogens is 450 g/mol. The van der Waals surface area contributed by atoms with Crippen LogP contribution in [0.15, 0.2) is 24.3 Å². The van der Waals surface area contributed by atoms with Crippen LogP contribution in [0, 0.1) is 17.8 Å². The average Bonchev–Trinajstić information content (AvgIpc) is 3.40. The summed E-state index contributed by atoms with van der Waals surface area (Å²) in [4.78, 5) is 54.6. The minimum atomic E-state index is -1.36. The van der Waals surface area contributed by atoms with Gasteiger partial charge in [0.2, 0.25) is 11.8 Å². The third-order valence-electron chi connectivity index (χ3n) is 7.11. The molecule has 1 saturated heterocycles. The molecule has 4 rings (SSSR count). The Hall–Kier alpha value is -3.36. The number of ether oxygens (including phenoxy) is 2. The van der Waals surface area contributed by atoms with Crippen LogP contribution in [0.1, 0.15) is 55.9 Å². The maximum Gasteiger partial charge on any atom is 0.331 e. The van der Waals surface area contributed by atoms with E-state index in [2.05, 4.69) is 15.6 Å². The smallest absolute Gasteiger partial charge is 0.331 e. The number of fused-ring (bicyclic) bond motifs is 1. The molecule has 1 unspecified atom stereocenters. The summed E-state index contributed by atoms with van der Waals surface area (Å²) in [6.45, 7) is 2.13. The van der Waals surface area contributed by atoms with Gasteiger partial charge in [0.1, 0.15) is 11.3 Å². The van der Waals surface area contributed by atoms with Crippen LogP contribution in [0.25, 0.3) is 10.9 Å². The van der Waals surface area contributed by atoms with Crippen molar-refractivity contribution in [1.82, 2.24) is 15.6 Å². The molecule has 1 aromatic heterocycles. The molecule has 1 aliphatic carbocycles. The van der Waals surface area contributed by atoms with Crippen molar-refractivity contribution < 1.29 is 28.7 Å². The number of amides is 2. The zero-order valence-electron chi connectivity index (χ0n) is 20.4. The van der Waals surface area contributed by atoms with E-state index in [0.717, 1.165) is 23.7 Å². The van der Waals surface area contributed by atoms with Gasteiger partial charge in [-0.25, -0.2) is 4.79 Å². The number of H-pyrrole nitrogens is 1. The van der Waals surface area contributed by atoms with E-state index in [-0.39, 0.29) is 36.4 Å². The fraction of sp³-hybridized carbons (Fsp3) is 0.538. The van der Waals surface area contributed by atoms with Crippen molar-refractivity contribution in [2.75, 3.05) is 20.8 Å². The van der Waals surface area contributed by atoms with Crippen LogP contribution in [0.3, 0.4) is 0 Å². The number of esters is 1. The first-order chi connectivity index (χ1) is 16.7. The van der Waals surface area contributed by atoms with Crippen molar-refractivity contribution in [2.45, 2.75) is 51.0 Å². The van der Waals surface area contributed by atoms with Gasteiger partial charge in [-0.3, -0.25) is 14.4 Å². The summed E-state index contributed by atoms with van der Waals surface area (Å²) >= 11 is 0. The van der Waals surface area contributed by atoms with E-state index in [4.69, 9.17) is 9.47 Å². The Morgan fingerprint density at radius 1 is 1.20 bits per heavy atom. The number of Topliss-reactive ketones (excluding diaryl/α,β-unsaturated/α-hetero) is 1. The maximum absolute atomic E-state index is 13.4. The van der Waals surface area contributed by atoms with E-state index >= 15 is 0 Å². The number of aromatic amines is 1. The number of aromatic nitrogens is 1. The minimum absolute atomic E-state index is 0.0125. The first-order valence-corrected chi connectivity index (χ1v) is 12.1. The predicted molar refractivity (Wildman–Crippen MR) is 129 cm³/mol. The quantitative estimate of drug-likeness (QED) is 0.333. The molecule has 2 fully saturated rings. The van der Waals surface area contributed by atoms with Gasteiger partial charge < -0.3 is 25.1 Å². The molecule has 9 nitrogen and oxygen atoms in total. The van der Waals surface area contributed by atoms with Gasteiger partial charge in [-0.15, -0.1) is 0 Å². The van der Waals surface area contributed by atoms with E-state index < -0.39 is 17.4 Å². The lowest BCUT2D eigenvalue weighted by Crippen LogP contribution is -2.56. The van der Waals surface area contributed by atoms with E-state index in [1.807, 2.05) is 18.2 Å². The number of rotatable bonds is 11. The highest BCUT2D eigenvalue weighted by atomic mass is 16.5. The highest BCUT2D eigenvalue weighted by molar-refractivity contribution is 6.02. The molecule has 35 heavy (non-hydrogen) atoms. The molecule has 2 amide bonds.